The molecule has 0 bridgehead atoms. The lowest BCUT2D eigenvalue weighted by molar-refractivity contribution is -0.115. The maximum Gasteiger partial charge on any atom is 0.228 e. The number of amides is 1. The smallest absolute Gasteiger partial charge is 0.228 e. The standard InChI is InChI=1S/C25H26N4O2/c1-31-22-9-5-8-20-24(22)17(16-27-20)15-23(30)28-19-10-11-21(29-13-3-2-4-14-29)25-18(19)7-6-12-26-25/h5-12,16,27H,2-4,13-15H2,1H3,(H,28,30). The summed E-state index contributed by atoms with van der Waals surface area (Å²) in [6, 6.07) is 13.9. The van der Waals surface area contributed by atoms with Crippen LogP contribution in [-0.4, -0.2) is 36.1 Å². The Morgan fingerprint density at radius 3 is 2.84 bits per heavy atom. The minimum atomic E-state index is -0.0670. The highest BCUT2D eigenvalue weighted by Gasteiger charge is 2.18. The second kappa shape index (κ2) is 8.30. The molecule has 1 aliphatic heterocycles. The minimum Gasteiger partial charge on any atom is -0.496 e. The second-order valence-corrected chi connectivity index (χ2v) is 8.00. The van der Waals surface area contributed by atoms with Crippen molar-refractivity contribution in [2.24, 2.45) is 0 Å². The molecule has 6 heteroatoms. The number of H-pyrrole nitrogens is 1. The molecule has 2 N–H and O–H groups in total. The fourth-order valence-electron chi connectivity index (χ4n) is 4.55. The molecule has 4 aromatic rings. The maximum absolute atomic E-state index is 13.0. The van der Waals surface area contributed by atoms with Crippen LogP contribution in [0.2, 0.25) is 0 Å². The normalized spacial score (nSPS) is 14.2. The lowest BCUT2D eigenvalue weighted by atomic mass is 10.1. The third-order valence-corrected chi connectivity index (χ3v) is 6.04. The van der Waals surface area contributed by atoms with Gasteiger partial charge in [0, 0.05) is 41.8 Å². The van der Waals surface area contributed by atoms with Crippen LogP contribution in [0.25, 0.3) is 21.8 Å². The van der Waals surface area contributed by atoms with E-state index in [-0.39, 0.29) is 12.3 Å². The number of piperidine rings is 1. The van der Waals surface area contributed by atoms with Crippen molar-refractivity contribution in [3.05, 3.63) is 60.4 Å². The van der Waals surface area contributed by atoms with E-state index in [0.29, 0.717) is 0 Å². The van der Waals surface area contributed by atoms with E-state index in [1.165, 1.54) is 19.3 Å². The highest BCUT2D eigenvalue weighted by atomic mass is 16.5. The second-order valence-electron chi connectivity index (χ2n) is 8.00. The van der Waals surface area contributed by atoms with Crippen LogP contribution in [0, 0.1) is 0 Å². The Labute approximate surface area is 181 Å². The van der Waals surface area contributed by atoms with Gasteiger partial charge in [-0.25, -0.2) is 0 Å². The number of carbonyl (C=O) groups excluding carboxylic acids is 1. The molecular weight excluding hydrogens is 388 g/mol. The molecule has 158 valence electrons. The summed E-state index contributed by atoms with van der Waals surface area (Å²) in [5, 5.41) is 5.02. The lowest BCUT2D eigenvalue weighted by Crippen LogP contribution is -2.29. The molecule has 1 amide bonds. The topological polar surface area (TPSA) is 70.2 Å². The van der Waals surface area contributed by atoms with Crippen LogP contribution in [-0.2, 0) is 11.2 Å². The van der Waals surface area contributed by atoms with E-state index in [1.807, 2.05) is 48.8 Å². The first-order chi connectivity index (χ1) is 15.2. The number of hydrogen-bond donors (Lipinski definition) is 2. The molecule has 0 atom stereocenters. The van der Waals surface area contributed by atoms with Crippen molar-refractivity contribution in [1.29, 1.82) is 0 Å². The number of fused-ring (bicyclic) bond motifs is 2. The highest BCUT2D eigenvalue weighted by Crippen LogP contribution is 2.33. The molecule has 2 aromatic heterocycles. The maximum atomic E-state index is 13.0. The van der Waals surface area contributed by atoms with Crippen LogP contribution in [0.4, 0.5) is 11.4 Å². The van der Waals surface area contributed by atoms with Gasteiger partial charge in [-0.15, -0.1) is 0 Å². The Kier molecular flexibility index (Phi) is 5.20. The van der Waals surface area contributed by atoms with Gasteiger partial charge in [-0.05, 0) is 61.2 Å². The number of pyridine rings is 1. The predicted molar refractivity (Wildman–Crippen MR) is 125 cm³/mol. The molecule has 0 radical (unpaired) electrons. The molecule has 6 nitrogen and oxygen atoms in total. The number of nitrogens with zero attached hydrogens (tertiary/aromatic N) is 2. The summed E-state index contributed by atoms with van der Waals surface area (Å²) >= 11 is 0. The molecule has 0 saturated carbocycles. The average molecular weight is 415 g/mol. The number of carbonyl (C=O) groups is 1. The van der Waals surface area contributed by atoms with Crippen molar-refractivity contribution >= 4 is 39.1 Å². The number of methoxy groups -OCH3 is 1. The van der Waals surface area contributed by atoms with E-state index in [2.05, 4.69) is 26.3 Å². The molecule has 0 aliphatic carbocycles. The van der Waals surface area contributed by atoms with Gasteiger partial charge in [0.2, 0.25) is 5.91 Å². The van der Waals surface area contributed by atoms with E-state index >= 15 is 0 Å². The molecule has 1 fully saturated rings. The largest absolute Gasteiger partial charge is 0.496 e. The van der Waals surface area contributed by atoms with Crippen LogP contribution in [0.1, 0.15) is 24.8 Å². The number of ether oxygens (including phenoxy) is 1. The van der Waals surface area contributed by atoms with Gasteiger partial charge < -0.3 is 19.9 Å². The Balaban J connectivity index is 1.43. The van der Waals surface area contributed by atoms with Crippen molar-refractivity contribution in [3.63, 3.8) is 0 Å². The van der Waals surface area contributed by atoms with Gasteiger partial charge in [-0.1, -0.05) is 6.07 Å². The summed E-state index contributed by atoms with van der Waals surface area (Å²) in [7, 11) is 1.65. The van der Waals surface area contributed by atoms with Gasteiger partial charge in [0.15, 0.2) is 0 Å². The average Bonchev–Trinajstić information content (AvgIpc) is 3.22. The van der Waals surface area contributed by atoms with Crippen LogP contribution in [0.3, 0.4) is 0 Å². The van der Waals surface area contributed by atoms with E-state index < -0.39 is 0 Å². The third kappa shape index (κ3) is 3.69. The van der Waals surface area contributed by atoms with Gasteiger partial charge in [-0.2, -0.15) is 0 Å². The molecule has 1 aliphatic rings. The number of hydrogen-bond acceptors (Lipinski definition) is 4. The summed E-state index contributed by atoms with van der Waals surface area (Å²) in [4.78, 5) is 23.2. The molecule has 0 spiro atoms. The van der Waals surface area contributed by atoms with Crippen molar-refractivity contribution in [2.75, 3.05) is 30.4 Å². The molecular formula is C25H26N4O2. The van der Waals surface area contributed by atoms with Crippen molar-refractivity contribution in [2.45, 2.75) is 25.7 Å². The fourth-order valence-corrected chi connectivity index (χ4v) is 4.55. The molecule has 3 heterocycles. The Morgan fingerprint density at radius 1 is 1.13 bits per heavy atom. The first-order valence-corrected chi connectivity index (χ1v) is 10.8. The Bertz CT molecular complexity index is 1240. The van der Waals surface area contributed by atoms with Crippen LogP contribution in [0.15, 0.2) is 54.9 Å². The van der Waals surface area contributed by atoms with Crippen LogP contribution < -0.4 is 15.0 Å². The molecule has 5 rings (SSSR count). The fraction of sp³-hybridized carbons (Fsp3) is 0.280. The summed E-state index contributed by atoms with van der Waals surface area (Å²) in [6.45, 7) is 2.11. The van der Waals surface area contributed by atoms with E-state index in [9.17, 15) is 4.79 Å². The first-order valence-electron chi connectivity index (χ1n) is 10.8. The van der Waals surface area contributed by atoms with Gasteiger partial charge >= 0.3 is 0 Å². The zero-order chi connectivity index (χ0) is 21.2. The van der Waals surface area contributed by atoms with Gasteiger partial charge in [-0.3, -0.25) is 9.78 Å². The van der Waals surface area contributed by atoms with Crippen molar-refractivity contribution in [3.8, 4) is 5.75 Å². The Morgan fingerprint density at radius 2 is 2.00 bits per heavy atom. The van der Waals surface area contributed by atoms with Gasteiger partial charge in [0.05, 0.1) is 30.4 Å². The zero-order valence-corrected chi connectivity index (χ0v) is 17.6. The summed E-state index contributed by atoms with van der Waals surface area (Å²) < 4.78 is 5.49. The molecule has 2 aromatic carbocycles. The van der Waals surface area contributed by atoms with Crippen LogP contribution in [0.5, 0.6) is 5.75 Å². The molecule has 0 unspecified atom stereocenters. The van der Waals surface area contributed by atoms with Crippen molar-refractivity contribution < 1.29 is 9.53 Å². The number of aromatic nitrogens is 2. The monoisotopic (exact) mass is 414 g/mol. The number of aromatic amines is 1. The zero-order valence-electron chi connectivity index (χ0n) is 17.6. The third-order valence-electron chi connectivity index (χ3n) is 6.04. The summed E-state index contributed by atoms with van der Waals surface area (Å²) in [6.07, 6.45) is 7.66. The SMILES string of the molecule is COc1cccc2[nH]cc(CC(=O)Nc3ccc(N4CCCCC4)c4ncccc34)c12. The van der Waals surface area contributed by atoms with E-state index in [4.69, 9.17) is 4.74 Å². The van der Waals surface area contributed by atoms with Gasteiger partial charge in [0.1, 0.15) is 5.75 Å². The van der Waals surface area contributed by atoms with E-state index in [1.54, 1.807) is 7.11 Å². The first kappa shape index (κ1) is 19.4. The van der Waals surface area contributed by atoms with Crippen LogP contribution >= 0.6 is 0 Å². The molecule has 1 saturated heterocycles. The number of nitrogens with one attached hydrogen (secondary N) is 2. The lowest BCUT2D eigenvalue weighted by Gasteiger charge is -2.29. The van der Waals surface area contributed by atoms with Crippen molar-refractivity contribution in [1.82, 2.24) is 9.97 Å². The quantitative estimate of drug-likeness (QED) is 0.487. The number of anilines is 2. The minimum absolute atomic E-state index is 0.0670. The highest BCUT2D eigenvalue weighted by molar-refractivity contribution is 6.06. The predicted octanol–water partition coefficient (Wildman–Crippen LogP) is 4.90. The van der Waals surface area contributed by atoms with E-state index in [0.717, 1.165) is 57.6 Å². The number of rotatable bonds is 5. The summed E-state index contributed by atoms with van der Waals surface area (Å²) in [5.41, 5.74) is 4.76. The Hall–Kier alpha value is -3.54. The summed E-state index contributed by atoms with van der Waals surface area (Å²) in [5.74, 6) is 0.699. The molecule has 31 heavy (non-hydrogen) atoms. The van der Waals surface area contributed by atoms with Gasteiger partial charge in [0.25, 0.3) is 0 Å². The number of benzene rings is 2.